The average molecular weight is 293 g/mol. The van der Waals surface area contributed by atoms with E-state index >= 15 is 0 Å². The fraction of sp³-hybridized carbons (Fsp3) is 0.263. The summed E-state index contributed by atoms with van der Waals surface area (Å²) >= 11 is 0. The van der Waals surface area contributed by atoms with Crippen LogP contribution in [0.15, 0.2) is 30.3 Å². The molecule has 1 heterocycles. The van der Waals surface area contributed by atoms with Crippen LogP contribution in [0, 0.1) is 13.8 Å². The third kappa shape index (κ3) is 2.23. The standard InChI is InChI=1S/C19H19NO2/c1-12-6-16(11-22)7-13(2)19(12)20-14(3)8-17-9-15(10-21)4-5-18(17)20/h4-7,9-11,14H,8H2,1-3H3. The van der Waals surface area contributed by atoms with Gasteiger partial charge in [0.1, 0.15) is 12.6 Å². The molecule has 0 radical (unpaired) electrons. The Hall–Kier alpha value is -2.42. The molecule has 1 aliphatic rings. The van der Waals surface area contributed by atoms with Gasteiger partial charge in [-0.15, -0.1) is 0 Å². The lowest BCUT2D eigenvalue weighted by atomic mass is 10.0. The number of carbonyl (C=O) groups is 2. The molecule has 112 valence electrons. The molecule has 1 atom stereocenters. The molecule has 3 rings (SSSR count). The van der Waals surface area contributed by atoms with Gasteiger partial charge in [-0.25, -0.2) is 0 Å². The first-order valence-corrected chi connectivity index (χ1v) is 7.49. The number of aldehydes is 2. The highest BCUT2D eigenvalue weighted by Gasteiger charge is 2.29. The molecule has 0 amide bonds. The predicted octanol–water partition coefficient (Wildman–Crippen LogP) is 4.01. The second kappa shape index (κ2) is 5.41. The van der Waals surface area contributed by atoms with Crippen LogP contribution in [0.25, 0.3) is 0 Å². The predicted molar refractivity (Wildman–Crippen MR) is 88.4 cm³/mol. The molecule has 0 aliphatic carbocycles. The summed E-state index contributed by atoms with van der Waals surface area (Å²) in [5.74, 6) is 0. The maximum atomic E-state index is 11.0. The molecular weight excluding hydrogens is 274 g/mol. The van der Waals surface area contributed by atoms with Gasteiger partial charge in [0.05, 0.1) is 0 Å². The lowest BCUT2D eigenvalue weighted by Crippen LogP contribution is -2.25. The van der Waals surface area contributed by atoms with E-state index in [1.54, 1.807) is 0 Å². The van der Waals surface area contributed by atoms with Crippen LogP contribution in [0.1, 0.15) is 44.3 Å². The minimum atomic E-state index is 0.330. The van der Waals surface area contributed by atoms with Gasteiger partial charge in [-0.2, -0.15) is 0 Å². The molecule has 0 spiro atoms. The Morgan fingerprint density at radius 3 is 2.23 bits per heavy atom. The highest BCUT2D eigenvalue weighted by molar-refractivity contribution is 5.83. The van der Waals surface area contributed by atoms with Gasteiger partial charge >= 0.3 is 0 Å². The van der Waals surface area contributed by atoms with Crippen LogP contribution in [-0.2, 0) is 6.42 Å². The van der Waals surface area contributed by atoms with E-state index in [-0.39, 0.29) is 0 Å². The zero-order valence-electron chi connectivity index (χ0n) is 13.1. The van der Waals surface area contributed by atoms with Crippen molar-refractivity contribution in [2.45, 2.75) is 33.2 Å². The van der Waals surface area contributed by atoms with Crippen LogP contribution in [0.2, 0.25) is 0 Å². The third-order valence-corrected chi connectivity index (χ3v) is 4.35. The van der Waals surface area contributed by atoms with Gasteiger partial charge in [0.2, 0.25) is 0 Å². The molecule has 0 aromatic heterocycles. The topological polar surface area (TPSA) is 37.4 Å². The number of rotatable bonds is 3. The van der Waals surface area contributed by atoms with Crippen molar-refractivity contribution in [2.24, 2.45) is 0 Å². The molecule has 0 saturated heterocycles. The van der Waals surface area contributed by atoms with E-state index in [9.17, 15) is 9.59 Å². The van der Waals surface area contributed by atoms with Gasteiger partial charge in [0, 0.05) is 28.5 Å². The lowest BCUT2D eigenvalue weighted by molar-refractivity contribution is 0.111. The van der Waals surface area contributed by atoms with Crippen molar-refractivity contribution in [1.29, 1.82) is 0 Å². The number of fused-ring (bicyclic) bond motifs is 1. The van der Waals surface area contributed by atoms with Crippen molar-refractivity contribution >= 4 is 23.9 Å². The van der Waals surface area contributed by atoms with Crippen LogP contribution in [0.5, 0.6) is 0 Å². The Morgan fingerprint density at radius 1 is 1.00 bits per heavy atom. The van der Waals surface area contributed by atoms with Crippen molar-refractivity contribution in [2.75, 3.05) is 4.90 Å². The first-order valence-electron chi connectivity index (χ1n) is 7.49. The minimum absolute atomic E-state index is 0.330. The van der Waals surface area contributed by atoms with E-state index in [0.29, 0.717) is 11.6 Å². The quantitative estimate of drug-likeness (QED) is 0.802. The third-order valence-electron chi connectivity index (χ3n) is 4.35. The Labute approximate surface area is 130 Å². The van der Waals surface area contributed by atoms with E-state index < -0.39 is 0 Å². The van der Waals surface area contributed by atoms with E-state index in [2.05, 4.69) is 11.8 Å². The molecule has 1 unspecified atom stereocenters. The first kappa shape index (κ1) is 14.5. The number of carbonyl (C=O) groups excluding carboxylic acids is 2. The van der Waals surface area contributed by atoms with Crippen molar-refractivity contribution in [1.82, 2.24) is 0 Å². The molecular formula is C19H19NO2. The zero-order chi connectivity index (χ0) is 15.9. The monoisotopic (exact) mass is 293 g/mol. The Kier molecular flexibility index (Phi) is 3.57. The van der Waals surface area contributed by atoms with E-state index in [4.69, 9.17) is 0 Å². The zero-order valence-corrected chi connectivity index (χ0v) is 13.1. The van der Waals surface area contributed by atoms with Gasteiger partial charge in [-0.1, -0.05) is 0 Å². The van der Waals surface area contributed by atoms with Crippen molar-refractivity contribution in [3.8, 4) is 0 Å². The van der Waals surface area contributed by atoms with Crippen molar-refractivity contribution < 1.29 is 9.59 Å². The maximum Gasteiger partial charge on any atom is 0.150 e. The van der Waals surface area contributed by atoms with Gasteiger partial charge in [-0.05, 0) is 74.2 Å². The second-order valence-corrected chi connectivity index (χ2v) is 6.05. The minimum Gasteiger partial charge on any atom is -0.338 e. The number of nitrogens with zero attached hydrogens (tertiary/aromatic N) is 1. The summed E-state index contributed by atoms with van der Waals surface area (Å²) in [5.41, 5.74) is 7.15. The van der Waals surface area contributed by atoms with Crippen molar-refractivity contribution in [3.05, 3.63) is 58.1 Å². The summed E-state index contributed by atoms with van der Waals surface area (Å²) in [4.78, 5) is 24.3. The smallest absolute Gasteiger partial charge is 0.150 e. The maximum absolute atomic E-state index is 11.0. The van der Waals surface area contributed by atoms with E-state index in [0.717, 1.165) is 47.1 Å². The number of anilines is 2. The summed E-state index contributed by atoms with van der Waals surface area (Å²) in [5, 5.41) is 0. The highest BCUT2D eigenvalue weighted by atomic mass is 16.1. The Morgan fingerprint density at radius 2 is 1.64 bits per heavy atom. The van der Waals surface area contributed by atoms with E-state index in [1.165, 1.54) is 5.56 Å². The first-order chi connectivity index (χ1) is 10.5. The number of benzene rings is 2. The molecule has 0 N–H and O–H groups in total. The molecule has 2 aromatic rings. The molecule has 3 nitrogen and oxygen atoms in total. The number of hydrogen-bond acceptors (Lipinski definition) is 3. The van der Waals surface area contributed by atoms with Crippen LogP contribution in [0.4, 0.5) is 11.4 Å². The molecule has 3 heteroatoms. The number of hydrogen-bond donors (Lipinski definition) is 0. The summed E-state index contributed by atoms with van der Waals surface area (Å²) in [6, 6.07) is 10.1. The molecule has 22 heavy (non-hydrogen) atoms. The summed E-state index contributed by atoms with van der Waals surface area (Å²) in [6.07, 6.45) is 2.70. The molecule has 0 saturated carbocycles. The molecule has 2 aromatic carbocycles. The van der Waals surface area contributed by atoms with Gasteiger partial charge < -0.3 is 4.90 Å². The van der Waals surface area contributed by atoms with Crippen LogP contribution >= 0.6 is 0 Å². The van der Waals surface area contributed by atoms with Gasteiger partial charge in [0.15, 0.2) is 0 Å². The summed E-state index contributed by atoms with van der Waals surface area (Å²) in [7, 11) is 0. The van der Waals surface area contributed by atoms with Gasteiger partial charge in [0.25, 0.3) is 0 Å². The summed E-state index contributed by atoms with van der Waals surface area (Å²) in [6.45, 7) is 6.27. The molecule has 0 bridgehead atoms. The number of aryl methyl sites for hydroxylation is 2. The molecule has 0 fully saturated rings. The lowest BCUT2D eigenvalue weighted by Gasteiger charge is -2.29. The van der Waals surface area contributed by atoms with Gasteiger partial charge in [-0.3, -0.25) is 9.59 Å². The molecule has 1 aliphatic heterocycles. The normalized spacial score (nSPS) is 16.5. The SMILES string of the molecule is Cc1cc(C=O)cc(C)c1N1c2ccc(C=O)cc2CC1C. The van der Waals surface area contributed by atoms with Crippen LogP contribution < -0.4 is 4.90 Å². The Bertz CT molecular complexity index is 741. The van der Waals surface area contributed by atoms with Crippen molar-refractivity contribution in [3.63, 3.8) is 0 Å². The largest absolute Gasteiger partial charge is 0.338 e. The Balaban J connectivity index is 2.14. The second-order valence-electron chi connectivity index (χ2n) is 6.05. The highest BCUT2D eigenvalue weighted by Crippen LogP contribution is 2.41. The fourth-order valence-corrected chi connectivity index (χ4v) is 3.50. The van der Waals surface area contributed by atoms with E-state index in [1.807, 2.05) is 44.2 Å². The van der Waals surface area contributed by atoms with Crippen LogP contribution in [0.3, 0.4) is 0 Å². The summed E-state index contributed by atoms with van der Waals surface area (Å²) < 4.78 is 0. The van der Waals surface area contributed by atoms with Crippen LogP contribution in [-0.4, -0.2) is 18.6 Å². The average Bonchev–Trinajstić information content (AvgIpc) is 2.81. The fourth-order valence-electron chi connectivity index (χ4n) is 3.50.